The molecule has 0 spiro atoms. The van der Waals surface area contributed by atoms with E-state index < -0.39 is 5.97 Å². The van der Waals surface area contributed by atoms with E-state index in [1.807, 2.05) is 24.6 Å². The second-order valence-corrected chi connectivity index (χ2v) is 5.55. The molecular weight excluding hydrogens is 254 g/mol. The normalized spacial score (nSPS) is 11.5. The van der Waals surface area contributed by atoms with Gasteiger partial charge in [-0.25, -0.2) is 4.79 Å². The zero-order valence-electron chi connectivity index (χ0n) is 12.4. The van der Waals surface area contributed by atoms with Gasteiger partial charge in [0.2, 0.25) is 0 Å². The van der Waals surface area contributed by atoms with E-state index in [1.54, 1.807) is 6.07 Å². The molecule has 108 valence electrons. The highest BCUT2D eigenvalue weighted by Gasteiger charge is 2.19. The lowest BCUT2D eigenvalue weighted by Gasteiger charge is -2.11. The Kier molecular flexibility index (Phi) is 3.86. The van der Waals surface area contributed by atoms with Crippen LogP contribution in [0.5, 0.6) is 0 Å². The summed E-state index contributed by atoms with van der Waals surface area (Å²) in [6, 6.07) is 1.72. The smallest absolute Gasteiger partial charge is 0.335 e. The van der Waals surface area contributed by atoms with E-state index in [2.05, 4.69) is 13.8 Å². The van der Waals surface area contributed by atoms with E-state index in [9.17, 15) is 15.0 Å². The van der Waals surface area contributed by atoms with E-state index in [-0.39, 0.29) is 6.61 Å². The van der Waals surface area contributed by atoms with Crippen LogP contribution in [0, 0.1) is 13.8 Å². The molecule has 20 heavy (non-hydrogen) atoms. The molecule has 4 nitrogen and oxygen atoms in total. The van der Waals surface area contributed by atoms with Gasteiger partial charge in [0.1, 0.15) is 0 Å². The lowest BCUT2D eigenvalue weighted by atomic mass is 9.94. The van der Waals surface area contributed by atoms with Crippen molar-refractivity contribution in [2.24, 2.45) is 0 Å². The van der Waals surface area contributed by atoms with Crippen molar-refractivity contribution in [3.05, 3.63) is 34.5 Å². The minimum atomic E-state index is -0.892. The van der Waals surface area contributed by atoms with Crippen LogP contribution in [-0.4, -0.2) is 27.4 Å². The Labute approximate surface area is 118 Å². The van der Waals surface area contributed by atoms with Gasteiger partial charge in [-0.1, -0.05) is 13.8 Å². The van der Waals surface area contributed by atoms with Gasteiger partial charge in [-0.15, -0.1) is 0 Å². The maximum absolute atomic E-state index is 11.4. The molecule has 0 aliphatic carbocycles. The highest BCUT2D eigenvalue weighted by Crippen LogP contribution is 2.34. The molecule has 0 atom stereocenters. The first-order chi connectivity index (χ1) is 9.38. The first-order valence-corrected chi connectivity index (χ1v) is 6.85. The number of benzene rings is 1. The summed E-state index contributed by atoms with van der Waals surface area (Å²) in [6.45, 7) is 8.57. The van der Waals surface area contributed by atoms with Crippen molar-refractivity contribution < 1.29 is 15.0 Å². The van der Waals surface area contributed by atoms with Crippen LogP contribution in [0.4, 0.5) is 0 Å². The van der Waals surface area contributed by atoms with E-state index in [1.165, 1.54) is 0 Å². The molecule has 4 heteroatoms. The molecule has 0 saturated heterocycles. The number of aromatic carboxylic acids is 1. The zero-order valence-corrected chi connectivity index (χ0v) is 12.4. The SMILES string of the molecule is Cc1c(C(=O)O)cc(C)c2c1c(C(C)C)cn2CCO. The number of aryl methyl sites for hydroxylation is 2. The standard InChI is InChI=1S/C16H21NO3/c1-9(2)13-8-17(5-6-18)15-10(3)7-12(16(19)20)11(4)14(13)15/h7-9,18H,5-6H2,1-4H3,(H,19,20). The van der Waals surface area contributed by atoms with Gasteiger partial charge < -0.3 is 14.8 Å². The number of fused-ring (bicyclic) bond motifs is 1. The molecular formula is C16H21NO3. The molecule has 0 bridgehead atoms. The third-order valence-corrected chi connectivity index (χ3v) is 3.81. The Hall–Kier alpha value is -1.81. The van der Waals surface area contributed by atoms with Crippen LogP contribution in [0.3, 0.4) is 0 Å². The second kappa shape index (κ2) is 5.29. The Morgan fingerprint density at radius 3 is 2.50 bits per heavy atom. The Bertz CT molecular complexity index is 668. The highest BCUT2D eigenvalue weighted by molar-refractivity contribution is 6.00. The maximum Gasteiger partial charge on any atom is 0.335 e. The average molecular weight is 275 g/mol. The van der Waals surface area contributed by atoms with Gasteiger partial charge in [0.15, 0.2) is 0 Å². The van der Waals surface area contributed by atoms with E-state index in [0.717, 1.165) is 27.6 Å². The zero-order chi connectivity index (χ0) is 15.0. The molecule has 2 aromatic rings. The number of rotatable bonds is 4. The molecule has 1 heterocycles. The number of hydrogen-bond acceptors (Lipinski definition) is 2. The number of carbonyl (C=O) groups is 1. The fourth-order valence-corrected chi connectivity index (χ4v) is 2.87. The summed E-state index contributed by atoms with van der Waals surface area (Å²) >= 11 is 0. The summed E-state index contributed by atoms with van der Waals surface area (Å²) in [5.74, 6) is -0.586. The number of nitrogens with zero attached hydrogens (tertiary/aromatic N) is 1. The van der Waals surface area contributed by atoms with Crippen molar-refractivity contribution in [1.82, 2.24) is 4.57 Å². The van der Waals surface area contributed by atoms with Crippen molar-refractivity contribution in [2.45, 2.75) is 40.2 Å². The van der Waals surface area contributed by atoms with E-state index in [0.29, 0.717) is 18.0 Å². The largest absolute Gasteiger partial charge is 0.478 e. The van der Waals surface area contributed by atoms with Crippen LogP contribution >= 0.6 is 0 Å². The van der Waals surface area contributed by atoms with Crippen LogP contribution in [-0.2, 0) is 6.54 Å². The van der Waals surface area contributed by atoms with Gasteiger partial charge in [-0.05, 0) is 42.5 Å². The molecule has 2 N–H and O–H groups in total. The summed E-state index contributed by atoms with van der Waals surface area (Å²) in [4.78, 5) is 11.4. The maximum atomic E-state index is 11.4. The topological polar surface area (TPSA) is 62.5 Å². The minimum Gasteiger partial charge on any atom is -0.478 e. The monoisotopic (exact) mass is 275 g/mol. The number of carboxylic acid groups (broad SMARTS) is 1. The molecule has 0 aliphatic heterocycles. The lowest BCUT2D eigenvalue weighted by molar-refractivity contribution is 0.0696. The van der Waals surface area contributed by atoms with Crippen molar-refractivity contribution in [3.63, 3.8) is 0 Å². The Balaban J connectivity index is 2.90. The van der Waals surface area contributed by atoms with Crippen molar-refractivity contribution in [3.8, 4) is 0 Å². The summed E-state index contributed by atoms with van der Waals surface area (Å²) in [6.07, 6.45) is 2.04. The number of aliphatic hydroxyl groups is 1. The van der Waals surface area contributed by atoms with Crippen LogP contribution in [0.2, 0.25) is 0 Å². The van der Waals surface area contributed by atoms with Crippen LogP contribution in [0.25, 0.3) is 10.9 Å². The Morgan fingerprint density at radius 2 is 2.00 bits per heavy atom. The summed E-state index contributed by atoms with van der Waals surface area (Å²) < 4.78 is 2.03. The fourth-order valence-electron chi connectivity index (χ4n) is 2.87. The molecule has 1 aromatic carbocycles. The lowest BCUT2D eigenvalue weighted by Crippen LogP contribution is -2.04. The molecule has 0 unspecified atom stereocenters. The first kappa shape index (κ1) is 14.6. The predicted molar refractivity (Wildman–Crippen MR) is 79.5 cm³/mol. The molecule has 0 amide bonds. The quantitative estimate of drug-likeness (QED) is 0.901. The van der Waals surface area contributed by atoms with Crippen LogP contribution in [0.15, 0.2) is 12.3 Å². The van der Waals surface area contributed by atoms with Crippen molar-refractivity contribution >= 4 is 16.9 Å². The molecule has 0 saturated carbocycles. The summed E-state index contributed by atoms with van der Waals surface area (Å²) in [5, 5.41) is 19.6. The Morgan fingerprint density at radius 1 is 1.35 bits per heavy atom. The fraction of sp³-hybridized carbons (Fsp3) is 0.438. The molecule has 1 aromatic heterocycles. The third-order valence-electron chi connectivity index (χ3n) is 3.81. The molecule has 0 aliphatic rings. The number of carboxylic acids is 1. The van der Waals surface area contributed by atoms with Crippen LogP contribution in [0.1, 0.15) is 46.8 Å². The first-order valence-electron chi connectivity index (χ1n) is 6.85. The van der Waals surface area contributed by atoms with Crippen molar-refractivity contribution in [2.75, 3.05) is 6.61 Å². The highest BCUT2D eigenvalue weighted by atomic mass is 16.4. The third kappa shape index (κ3) is 2.20. The summed E-state index contributed by atoms with van der Waals surface area (Å²) in [7, 11) is 0. The van der Waals surface area contributed by atoms with Gasteiger partial charge >= 0.3 is 5.97 Å². The van der Waals surface area contributed by atoms with Gasteiger partial charge in [-0.2, -0.15) is 0 Å². The van der Waals surface area contributed by atoms with E-state index >= 15 is 0 Å². The average Bonchev–Trinajstić information content (AvgIpc) is 2.74. The number of aromatic nitrogens is 1. The van der Waals surface area contributed by atoms with E-state index in [4.69, 9.17) is 0 Å². The van der Waals surface area contributed by atoms with Gasteiger partial charge in [0.05, 0.1) is 17.7 Å². The predicted octanol–water partition coefficient (Wildman–Crippen LogP) is 3.07. The van der Waals surface area contributed by atoms with Crippen molar-refractivity contribution in [1.29, 1.82) is 0 Å². The van der Waals surface area contributed by atoms with Gasteiger partial charge in [0, 0.05) is 18.1 Å². The van der Waals surface area contributed by atoms with Crippen LogP contribution < -0.4 is 0 Å². The minimum absolute atomic E-state index is 0.0699. The molecule has 0 fully saturated rings. The van der Waals surface area contributed by atoms with Gasteiger partial charge in [-0.3, -0.25) is 0 Å². The second-order valence-electron chi connectivity index (χ2n) is 5.55. The molecule has 2 rings (SSSR count). The van der Waals surface area contributed by atoms with Gasteiger partial charge in [0.25, 0.3) is 0 Å². The number of aliphatic hydroxyl groups excluding tert-OH is 1. The molecule has 0 radical (unpaired) electrons. The number of hydrogen-bond donors (Lipinski definition) is 2. The summed E-state index contributed by atoms with van der Waals surface area (Å²) in [5.41, 5.74) is 4.27.